The van der Waals surface area contributed by atoms with Gasteiger partial charge in [0.15, 0.2) is 0 Å². The summed E-state index contributed by atoms with van der Waals surface area (Å²) in [5.74, 6) is -0.235. The van der Waals surface area contributed by atoms with Crippen LogP contribution in [-0.4, -0.2) is 27.5 Å². The molecule has 0 aliphatic heterocycles. The summed E-state index contributed by atoms with van der Waals surface area (Å²) >= 11 is 0. The van der Waals surface area contributed by atoms with Crippen LogP contribution in [0.4, 0.5) is 0 Å². The summed E-state index contributed by atoms with van der Waals surface area (Å²) in [7, 11) is 0. The Morgan fingerprint density at radius 1 is 1.42 bits per heavy atom. The summed E-state index contributed by atoms with van der Waals surface area (Å²) in [5, 5.41) is 10.3. The smallest absolute Gasteiger partial charge is 0.306 e. The Morgan fingerprint density at radius 3 is 2.89 bits per heavy atom. The zero-order chi connectivity index (χ0) is 13.8. The van der Waals surface area contributed by atoms with E-state index in [2.05, 4.69) is 4.98 Å². The lowest BCUT2D eigenvalue weighted by Crippen LogP contribution is -2.19. The number of aromatic nitrogens is 2. The third kappa shape index (κ3) is 2.73. The van der Waals surface area contributed by atoms with Crippen molar-refractivity contribution in [3.63, 3.8) is 0 Å². The summed E-state index contributed by atoms with van der Waals surface area (Å²) in [4.78, 5) is 26.8. The van der Waals surface area contributed by atoms with Gasteiger partial charge in [0.25, 0.3) is 5.56 Å². The van der Waals surface area contributed by atoms with E-state index in [4.69, 9.17) is 4.74 Å². The van der Waals surface area contributed by atoms with E-state index in [1.807, 2.05) is 0 Å². The first-order chi connectivity index (χ1) is 9.13. The second-order valence-electron chi connectivity index (χ2n) is 3.97. The van der Waals surface area contributed by atoms with Gasteiger partial charge in [-0.25, -0.2) is 0 Å². The lowest BCUT2D eigenvalue weighted by molar-refractivity contribution is -0.143. The lowest BCUT2D eigenvalue weighted by Gasteiger charge is -2.08. The fourth-order valence-corrected chi connectivity index (χ4v) is 1.81. The normalized spacial score (nSPS) is 10.6. The number of rotatable bonds is 4. The molecule has 0 amide bonds. The zero-order valence-electron chi connectivity index (χ0n) is 10.5. The molecule has 6 heteroatoms. The van der Waals surface area contributed by atoms with E-state index in [1.165, 1.54) is 0 Å². The van der Waals surface area contributed by atoms with E-state index in [0.29, 0.717) is 17.5 Å². The van der Waals surface area contributed by atoms with Gasteiger partial charge < -0.3 is 9.94 Å². The number of esters is 1. The standard InChI is InChI=1S/C13H14N2O4/c1-2-19-12(16)8-7-11-14-13(17)9-5-3-4-6-10(9)15(11)18/h3-6,18H,2,7-8H2,1H3. The molecular formula is C13H14N2O4. The second kappa shape index (κ2) is 5.51. The predicted octanol–water partition coefficient (Wildman–Crippen LogP) is 1.13. The molecule has 2 rings (SSSR count). The number of carbonyl (C=O) groups is 1. The van der Waals surface area contributed by atoms with Crippen LogP contribution in [0.2, 0.25) is 0 Å². The van der Waals surface area contributed by atoms with Gasteiger partial charge in [-0.1, -0.05) is 12.1 Å². The Bertz CT molecular complexity index is 663. The van der Waals surface area contributed by atoms with Crippen LogP contribution >= 0.6 is 0 Å². The third-order valence-electron chi connectivity index (χ3n) is 2.70. The minimum Gasteiger partial charge on any atom is -0.466 e. The third-order valence-corrected chi connectivity index (χ3v) is 2.70. The van der Waals surface area contributed by atoms with E-state index in [1.54, 1.807) is 31.2 Å². The number of benzene rings is 1. The monoisotopic (exact) mass is 262 g/mol. The first-order valence-electron chi connectivity index (χ1n) is 5.99. The Balaban J connectivity index is 2.32. The minimum absolute atomic E-state index is 0.0686. The van der Waals surface area contributed by atoms with Crippen LogP contribution in [0, 0.1) is 0 Å². The highest BCUT2D eigenvalue weighted by Gasteiger charge is 2.11. The molecule has 0 unspecified atom stereocenters. The van der Waals surface area contributed by atoms with Crippen molar-refractivity contribution in [2.75, 3.05) is 6.61 Å². The van der Waals surface area contributed by atoms with Crippen LogP contribution in [0.25, 0.3) is 10.9 Å². The van der Waals surface area contributed by atoms with E-state index in [0.717, 1.165) is 4.73 Å². The number of aryl methyl sites for hydroxylation is 1. The van der Waals surface area contributed by atoms with Gasteiger partial charge >= 0.3 is 5.97 Å². The molecule has 0 radical (unpaired) electrons. The molecule has 2 aromatic rings. The average Bonchev–Trinajstić information content (AvgIpc) is 2.42. The maximum absolute atomic E-state index is 11.8. The molecule has 0 saturated carbocycles. The van der Waals surface area contributed by atoms with E-state index in [-0.39, 0.29) is 24.6 Å². The first-order valence-corrected chi connectivity index (χ1v) is 5.99. The van der Waals surface area contributed by atoms with Crippen molar-refractivity contribution in [3.05, 3.63) is 40.4 Å². The molecule has 0 spiro atoms. The van der Waals surface area contributed by atoms with Crippen molar-refractivity contribution >= 4 is 16.9 Å². The summed E-state index contributed by atoms with van der Waals surface area (Å²) in [6.45, 7) is 2.02. The van der Waals surface area contributed by atoms with Gasteiger partial charge in [-0.3, -0.25) is 9.59 Å². The average molecular weight is 262 g/mol. The van der Waals surface area contributed by atoms with Gasteiger partial charge in [-0.2, -0.15) is 9.71 Å². The number of nitrogens with zero attached hydrogens (tertiary/aromatic N) is 2. The van der Waals surface area contributed by atoms with Crippen LogP contribution in [-0.2, 0) is 16.0 Å². The van der Waals surface area contributed by atoms with Gasteiger partial charge in [0.05, 0.1) is 23.9 Å². The minimum atomic E-state index is -0.417. The molecule has 0 aliphatic carbocycles. The Labute approximate surface area is 109 Å². The molecule has 0 fully saturated rings. The van der Waals surface area contributed by atoms with Crippen molar-refractivity contribution in [3.8, 4) is 0 Å². The molecular weight excluding hydrogens is 248 g/mol. The molecule has 0 bridgehead atoms. The number of hydrogen-bond donors (Lipinski definition) is 1. The van der Waals surface area contributed by atoms with Crippen LogP contribution in [0.15, 0.2) is 29.1 Å². The predicted molar refractivity (Wildman–Crippen MR) is 68.1 cm³/mol. The number of ether oxygens (including phenoxy) is 1. The van der Waals surface area contributed by atoms with Crippen molar-refractivity contribution in [2.45, 2.75) is 19.8 Å². The van der Waals surface area contributed by atoms with E-state index < -0.39 is 5.56 Å². The maximum Gasteiger partial charge on any atom is 0.306 e. The Kier molecular flexibility index (Phi) is 3.79. The van der Waals surface area contributed by atoms with Crippen molar-refractivity contribution in [1.29, 1.82) is 0 Å². The van der Waals surface area contributed by atoms with Crippen molar-refractivity contribution < 1.29 is 14.7 Å². The molecule has 0 atom stereocenters. The van der Waals surface area contributed by atoms with Crippen molar-refractivity contribution in [1.82, 2.24) is 9.71 Å². The summed E-state index contributed by atoms with van der Waals surface area (Å²) in [6, 6.07) is 6.62. The number of fused-ring (bicyclic) bond motifs is 1. The summed E-state index contributed by atoms with van der Waals surface area (Å²) in [6.07, 6.45) is 0.217. The fraction of sp³-hybridized carbons (Fsp3) is 0.308. The quantitative estimate of drug-likeness (QED) is 0.659. The van der Waals surface area contributed by atoms with Gasteiger partial charge in [-0.05, 0) is 19.1 Å². The molecule has 1 heterocycles. The van der Waals surface area contributed by atoms with Crippen LogP contribution in [0.5, 0.6) is 0 Å². The molecule has 1 N–H and O–H groups in total. The molecule has 19 heavy (non-hydrogen) atoms. The molecule has 0 saturated heterocycles. The highest BCUT2D eigenvalue weighted by Crippen LogP contribution is 2.10. The molecule has 0 aliphatic rings. The second-order valence-corrected chi connectivity index (χ2v) is 3.97. The van der Waals surface area contributed by atoms with Crippen LogP contribution < -0.4 is 5.56 Å². The maximum atomic E-state index is 11.8. The Hall–Kier alpha value is -2.37. The molecule has 1 aromatic carbocycles. The van der Waals surface area contributed by atoms with Crippen molar-refractivity contribution in [2.24, 2.45) is 0 Å². The van der Waals surface area contributed by atoms with Gasteiger partial charge in [0.2, 0.25) is 0 Å². The van der Waals surface area contributed by atoms with Gasteiger partial charge in [0.1, 0.15) is 5.82 Å². The lowest BCUT2D eigenvalue weighted by atomic mass is 10.2. The molecule has 1 aromatic heterocycles. The first kappa shape index (κ1) is 13.1. The summed E-state index contributed by atoms with van der Waals surface area (Å²) in [5.41, 5.74) is -0.0406. The number of para-hydroxylation sites is 1. The summed E-state index contributed by atoms with van der Waals surface area (Å²) < 4.78 is 5.63. The highest BCUT2D eigenvalue weighted by atomic mass is 16.5. The highest BCUT2D eigenvalue weighted by molar-refractivity contribution is 5.77. The largest absolute Gasteiger partial charge is 0.466 e. The van der Waals surface area contributed by atoms with E-state index >= 15 is 0 Å². The zero-order valence-corrected chi connectivity index (χ0v) is 10.5. The van der Waals surface area contributed by atoms with Gasteiger partial charge in [0, 0.05) is 6.42 Å². The molecule has 6 nitrogen and oxygen atoms in total. The van der Waals surface area contributed by atoms with Crippen LogP contribution in [0.1, 0.15) is 19.2 Å². The topological polar surface area (TPSA) is 81.4 Å². The SMILES string of the molecule is CCOC(=O)CCc1nc(=O)c2ccccc2n1O. The van der Waals surface area contributed by atoms with Gasteiger partial charge in [-0.15, -0.1) is 0 Å². The fourth-order valence-electron chi connectivity index (χ4n) is 1.81. The molecule has 100 valence electrons. The van der Waals surface area contributed by atoms with E-state index in [9.17, 15) is 14.8 Å². The number of carbonyl (C=O) groups excluding carboxylic acids is 1. The van der Waals surface area contributed by atoms with Crippen LogP contribution in [0.3, 0.4) is 0 Å². The Morgan fingerprint density at radius 2 is 2.16 bits per heavy atom. The number of hydrogen-bond acceptors (Lipinski definition) is 5.